The third-order valence-corrected chi connectivity index (χ3v) is 2.79. The van der Waals surface area contributed by atoms with Crippen LogP contribution in [0.5, 0.6) is 17.2 Å². The second kappa shape index (κ2) is 9.36. The average Bonchev–Trinajstić information content (AvgIpc) is 2.49. The van der Waals surface area contributed by atoms with Gasteiger partial charge in [0, 0.05) is 25.2 Å². The van der Waals surface area contributed by atoms with Gasteiger partial charge in [-0.2, -0.15) is 0 Å². The summed E-state index contributed by atoms with van der Waals surface area (Å²) in [6.07, 6.45) is -2.44. The molecule has 7 heteroatoms. The topological polar surface area (TPSA) is 49.0 Å². The fraction of sp³-hybridized carbons (Fsp3) is 0.571. The number of alkyl halides is 2. The first kappa shape index (κ1) is 17.5. The van der Waals surface area contributed by atoms with E-state index < -0.39 is 13.0 Å². The third kappa shape index (κ3) is 5.73. The first-order valence-corrected chi connectivity index (χ1v) is 6.47. The Bertz CT molecular complexity index is 404. The highest BCUT2D eigenvalue weighted by molar-refractivity contribution is 5.50. The Morgan fingerprint density at radius 1 is 1.05 bits per heavy atom. The summed E-state index contributed by atoms with van der Waals surface area (Å²) in [7, 11) is 4.68. The van der Waals surface area contributed by atoms with E-state index >= 15 is 0 Å². The van der Waals surface area contributed by atoms with Crippen LogP contribution in [0, 0.1) is 0 Å². The van der Waals surface area contributed by atoms with Crippen molar-refractivity contribution in [3.05, 3.63) is 17.7 Å². The predicted octanol–water partition coefficient (Wildman–Crippen LogP) is 2.08. The summed E-state index contributed by atoms with van der Waals surface area (Å²) in [6.45, 7) is 0.585. The summed E-state index contributed by atoms with van der Waals surface area (Å²) in [5.41, 5.74) is 0.828. The smallest absolute Gasteiger partial charge is 0.261 e. The molecule has 0 heterocycles. The van der Waals surface area contributed by atoms with Crippen molar-refractivity contribution >= 4 is 0 Å². The van der Waals surface area contributed by atoms with Gasteiger partial charge in [0.15, 0.2) is 0 Å². The van der Waals surface area contributed by atoms with Crippen LogP contribution in [0.1, 0.15) is 5.56 Å². The SMILES string of the molecule is COc1cc(OC)c(CNCCOCC(F)F)c(OC)c1. The minimum absolute atomic E-state index is 0.213. The first-order chi connectivity index (χ1) is 10.1. The van der Waals surface area contributed by atoms with E-state index in [2.05, 4.69) is 5.32 Å². The molecule has 0 aliphatic rings. The van der Waals surface area contributed by atoms with Crippen LogP contribution in [0.25, 0.3) is 0 Å². The van der Waals surface area contributed by atoms with E-state index in [9.17, 15) is 8.78 Å². The van der Waals surface area contributed by atoms with Crippen molar-refractivity contribution in [2.24, 2.45) is 0 Å². The molecule has 0 saturated carbocycles. The minimum Gasteiger partial charge on any atom is -0.496 e. The normalized spacial score (nSPS) is 10.8. The highest BCUT2D eigenvalue weighted by atomic mass is 19.3. The largest absolute Gasteiger partial charge is 0.496 e. The summed E-state index contributed by atoms with van der Waals surface area (Å²) < 4.78 is 44.3. The number of hydrogen-bond acceptors (Lipinski definition) is 5. The third-order valence-electron chi connectivity index (χ3n) is 2.79. The van der Waals surface area contributed by atoms with Crippen molar-refractivity contribution in [3.8, 4) is 17.2 Å². The molecular weight excluding hydrogens is 284 g/mol. The lowest BCUT2D eigenvalue weighted by Crippen LogP contribution is -2.21. The van der Waals surface area contributed by atoms with Crippen LogP contribution in [0.3, 0.4) is 0 Å². The highest BCUT2D eigenvalue weighted by Crippen LogP contribution is 2.33. The zero-order chi connectivity index (χ0) is 15.7. The summed E-state index contributed by atoms with van der Waals surface area (Å²) in [6, 6.07) is 3.51. The van der Waals surface area contributed by atoms with Crippen molar-refractivity contribution in [1.82, 2.24) is 5.32 Å². The molecular formula is C14H21F2NO4. The molecule has 5 nitrogen and oxygen atoms in total. The Kier molecular flexibility index (Phi) is 7.78. The monoisotopic (exact) mass is 305 g/mol. The first-order valence-electron chi connectivity index (χ1n) is 6.47. The molecule has 0 aliphatic carbocycles. The minimum atomic E-state index is -2.44. The van der Waals surface area contributed by atoms with Crippen LogP contribution >= 0.6 is 0 Å². The van der Waals surface area contributed by atoms with Gasteiger partial charge in [-0.3, -0.25) is 0 Å². The van der Waals surface area contributed by atoms with Gasteiger partial charge >= 0.3 is 0 Å². The molecule has 1 rings (SSSR count). The van der Waals surface area contributed by atoms with Crippen LogP contribution < -0.4 is 19.5 Å². The van der Waals surface area contributed by atoms with E-state index in [1.54, 1.807) is 33.5 Å². The zero-order valence-electron chi connectivity index (χ0n) is 12.4. The summed E-state index contributed by atoms with van der Waals surface area (Å²) in [5, 5.41) is 3.09. The van der Waals surface area contributed by atoms with Crippen LogP contribution in [-0.4, -0.2) is 47.5 Å². The molecule has 0 saturated heterocycles. The number of hydrogen-bond donors (Lipinski definition) is 1. The second-order valence-corrected chi connectivity index (χ2v) is 4.15. The molecule has 0 fully saturated rings. The predicted molar refractivity (Wildman–Crippen MR) is 74.6 cm³/mol. The van der Waals surface area contributed by atoms with Gasteiger partial charge in [0.2, 0.25) is 0 Å². The fourth-order valence-corrected chi connectivity index (χ4v) is 1.78. The van der Waals surface area contributed by atoms with Gasteiger partial charge in [-0.15, -0.1) is 0 Å². The fourth-order valence-electron chi connectivity index (χ4n) is 1.78. The maximum absolute atomic E-state index is 11.9. The van der Waals surface area contributed by atoms with E-state index in [1.807, 2.05) is 0 Å². The quantitative estimate of drug-likeness (QED) is 0.671. The van der Waals surface area contributed by atoms with E-state index in [1.165, 1.54) is 0 Å². The van der Waals surface area contributed by atoms with Crippen molar-refractivity contribution in [3.63, 3.8) is 0 Å². The van der Waals surface area contributed by atoms with Crippen LogP contribution in [0.2, 0.25) is 0 Å². The second-order valence-electron chi connectivity index (χ2n) is 4.15. The van der Waals surface area contributed by atoms with Gasteiger partial charge in [-0.1, -0.05) is 0 Å². The molecule has 0 aliphatic heterocycles. The zero-order valence-corrected chi connectivity index (χ0v) is 12.4. The maximum Gasteiger partial charge on any atom is 0.261 e. The van der Waals surface area contributed by atoms with Crippen molar-refractivity contribution < 1.29 is 27.7 Å². The number of rotatable bonds is 10. The standard InChI is InChI=1S/C14H21F2NO4/c1-18-10-6-12(19-2)11(13(7-10)20-3)8-17-4-5-21-9-14(15)16/h6-7,14,17H,4-5,8-9H2,1-3H3. The van der Waals surface area contributed by atoms with Crippen LogP contribution in [-0.2, 0) is 11.3 Å². The van der Waals surface area contributed by atoms with Gasteiger partial charge in [0.25, 0.3) is 6.43 Å². The van der Waals surface area contributed by atoms with Crippen LogP contribution in [0.15, 0.2) is 12.1 Å². The maximum atomic E-state index is 11.9. The van der Waals surface area contributed by atoms with Gasteiger partial charge in [-0.25, -0.2) is 8.78 Å². The van der Waals surface area contributed by atoms with Gasteiger partial charge in [-0.05, 0) is 0 Å². The Labute approximate surface area is 123 Å². The molecule has 21 heavy (non-hydrogen) atoms. The molecule has 0 bridgehead atoms. The number of methoxy groups -OCH3 is 3. The summed E-state index contributed by atoms with van der Waals surface area (Å²) in [4.78, 5) is 0. The Morgan fingerprint density at radius 2 is 1.67 bits per heavy atom. The number of ether oxygens (including phenoxy) is 4. The highest BCUT2D eigenvalue weighted by Gasteiger charge is 2.12. The molecule has 0 radical (unpaired) electrons. The summed E-state index contributed by atoms with van der Waals surface area (Å²) >= 11 is 0. The van der Waals surface area contributed by atoms with Gasteiger partial charge in [0.1, 0.15) is 23.9 Å². The number of halogens is 2. The van der Waals surface area contributed by atoms with Gasteiger partial charge < -0.3 is 24.3 Å². The molecule has 1 aromatic rings. The molecule has 0 aromatic heterocycles. The van der Waals surface area contributed by atoms with Crippen molar-refractivity contribution in [2.45, 2.75) is 13.0 Å². The van der Waals surface area contributed by atoms with E-state index in [-0.39, 0.29) is 6.61 Å². The Hall–Kier alpha value is -1.60. The van der Waals surface area contributed by atoms with Crippen molar-refractivity contribution in [1.29, 1.82) is 0 Å². The van der Waals surface area contributed by atoms with Crippen molar-refractivity contribution in [2.75, 3.05) is 41.1 Å². The summed E-state index contributed by atoms with van der Waals surface area (Å²) in [5.74, 6) is 1.90. The molecule has 0 spiro atoms. The number of nitrogens with one attached hydrogen (secondary N) is 1. The molecule has 1 N–H and O–H groups in total. The molecule has 0 amide bonds. The van der Waals surface area contributed by atoms with Crippen LogP contribution in [0.4, 0.5) is 8.78 Å². The van der Waals surface area contributed by atoms with E-state index in [4.69, 9.17) is 18.9 Å². The molecule has 120 valence electrons. The molecule has 0 atom stereocenters. The Morgan fingerprint density at radius 3 is 2.14 bits per heavy atom. The van der Waals surface area contributed by atoms with E-state index in [0.29, 0.717) is 30.3 Å². The Balaban J connectivity index is 2.57. The molecule has 1 aromatic carbocycles. The lowest BCUT2D eigenvalue weighted by molar-refractivity contribution is 0.0187. The van der Waals surface area contributed by atoms with Gasteiger partial charge in [0.05, 0.1) is 33.5 Å². The average molecular weight is 305 g/mol. The number of benzene rings is 1. The lowest BCUT2D eigenvalue weighted by atomic mass is 10.1. The molecule has 0 unspecified atom stereocenters. The lowest BCUT2D eigenvalue weighted by Gasteiger charge is -2.15. The van der Waals surface area contributed by atoms with E-state index in [0.717, 1.165) is 5.56 Å².